The molecule has 0 bridgehead atoms. The average Bonchev–Trinajstić information content (AvgIpc) is 2.28. The van der Waals surface area contributed by atoms with Crippen molar-refractivity contribution in [3.05, 3.63) is 29.8 Å². The lowest BCUT2D eigenvalue weighted by Gasteiger charge is -2.10. The summed E-state index contributed by atoms with van der Waals surface area (Å²) in [6.07, 6.45) is 0. The highest BCUT2D eigenvalue weighted by Gasteiger charge is 2.05. The highest BCUT2D eigenvalue weighted by molar-refractivity contribution is 5.88. The van der Waals surface area contributed by atoms with Crippen LogP contribution in [0.2, 0.25) is 0 Å². The van der Waals surface area contributed by atoms with E-state index in [-0.39, 0.29) is 17.9 Å². The molecule has 0 saturated heterocycles. The Morgan fingerprint density at radius 2 is 2.18 bits per heavy atom. The molecule has 1 atom stereocenters. The lowest BCUT2D eigenvalue weighted by atomic mass is 10.1. The number of carbonyl (C=O) groups excluding carboxylic acids is 1. The molecule has 92 valence electrons. The Balaban J connectivity index is 2.87. The van der Waals surface area contributed by atoms with Crippen LogP contribution in [0, 0.1) is 0 Å². The lowest BCUT2D eigenvalue weighted by Crippen LogP contribution is -2.37. The van der Waals surface area contributed by atoms with Gasteiger partial charge in [-0.3, -0.25) is 10.2 Å². The number of nitrogens with one attached hydrogen (secondary N) is 2. The van der Waals surface area contributed by atoms with E-state index in [0.717, 1.165) is 11.3 Å². The second kappa shape index (κ2) is 5.86. The molecule has 6 nitrogen and oxygen atoms in total. The van der Waals surface area contributed by atoms with Crippen molar-refractivity contribution in [2.45, 2.75) is 19.9 Å². The third-order valence-corrected chi connectivity index (χ3v) is 2.17. The van der Waals surface area contributed by atoms with Crippen LogP contribution in [0.1, 0.15) is 25.5 Å². The van der Waals surface area contributed by atoms with Gasteiger partial charge in [0, 0.05) is 12.6 Å². The van der Waals surface area contributed by atoms with Crippen molar-refractivity contribution >= 4 is 17.6 Å². The topological polar surface area (TPSA) is 106 Å². The molecule has 0 aliphatic heterocycles. The number of rotatable bonds is 3. The van der Waals surface area contributed by atoms with E-state index >= 15 is 0 Å². The summed E-state index contributed by atoms with van der Waals surface area (Å²) in [7, 11) is 0. The van der Waals surface area contributed by atoms with Crippen molar-refractivity contribution in [3.8, 4) is 0 Å². The highest BCUT2D eigenvalue weighted by Crippen LogP contribution is 2.20. The van der Waals surface area contributed by atoms with Gasteiger partial charge < -0.3 is 11.1 Å². The van der Waals surface area contributed by atoms with Gasteiger partial charge in [-0.05, 0) is 24.6 Å². The summed E-state index contributed by atoms with van der Waals surface area (Å²) in [6.45, 7) is 3.35. The number of carbonyl (C=O) groups is 1. The molecule has 0 heterocycles. The van der Waals surface area contributed by atoms with Crippen molar-refractivity contribution in [1.82, 2.24) is 5.43 Å². The number of hydrogen-bond donors (Lipinski definition) is 4. The zero-order chi connectivity index (χ0) is 12.8. The van der Waals surface area contributed by atoms with Gasteiger partial charge >= 0.3 is 0 Å². The second-order valence-corrected chi connectivity index (χ2v) is 3.64. The normalized spacial score (nSPS) is 13.0. The fourth-order valence-electron chi connectivity index (χ4n) is 1.40. The van der Waals surface area contributed by atoms with E-state index in [2.05, 4.69) is 15.7 Å². The number of benzene rings is 1. The van der Waals surface area contributed by atoms with Crippen molar-refractivity contribution in [1.29, 1.82) is 0 Å². The number of nitrogens with two attached hydrogens (primary N) is 2. The van der Waals surface area contributed by atoms with Crippen LogP contribution in [0.15, 0.2) is 29.3 Å². The maximum atomic E-state index is 10.9. The molecule has 0 aliphatic carbocycles. The predicted octanol–water partition coefficient (Wildman–Crippen LogP) is 0.484. The maximum absolute atomic E-state index is 10.9. The molecule has 0 aromatic heterocycles. The van der Waals surface area contributed by atoms with E-state index in [1.165, 1.54) is 6.92 Å². The first-order valence-corrected chi connectivity index (χ1v) is 5.20. The summed E-state index contributed by atoms with van der Waals surface area (Å²) in [6, 6.07) is 7.27. The monoisotopic (exact) mass is 235 g/mol. The number of amides is 1. The van der Waals surface area contributed by atoms with Crippen molar-refractivity contribution in [2.75, 3.05) is 5.32 Å². The molecule has 0 saturated carbocycles. The zero-order valence-corrected chi connectivity index (χ0v) is 9.90. The number of nitrogens with zero attached hydrogens (tertiary/aromatic N) is 1. The Morgan fingerprint density at radius 3 is 2.76 bits per heavy atom. The molecule has 1 rings (SSSR count). The number of aliphatic imine (C=N–C) groups is 1. The molecule has 0 aliphatic rings. The van der Waals surface area contributed by atoms with Gasteiger partial charge in [-0.2, -0.15) is 0 Å². The van der Waals surface area contributed by atoms with Crippen molar-refractivity contribution in [3.63, 3.8) is 0 Å². The first-order valence-electron chi connectivity index (χ1n) is 5.20. The number of hydrogen-bond acceptors (Lipinski definition) is 3. The third kappa shape index (κ3) is 4.12. The molecule has 0 spiro atoms. The van der Waals surface area contributed by atoms with E-state index in [0.29, 0.717) is 0 Å². The molecule has 1 aromatic carbocycles. The van der Waals surface area contributed by atoms with E-state index < -0.39 is 0 Å². The molecular formula is C11H17N5O. The Kier molecular flexibility index (Phi) is 4.47. The number of hydrazine groups is 1. The zero-order valence-electron chi connectivity index (χ0n) is 9.90. The van der Waals surface area contributed by atoms with E-state index in [4.69, 9.17) is 11.6 Å². The van der Waals surface area contributed by atoms with Gasteiger partial charge in [0.25, 0.3) is 0 Å². The largest absolute Gasteiger partial charge is 0.369 e. The smallest absolute Gasteiger partial charge is 0.221 e. The molecule has 1 aromatic rings. The average molecular weight is 235 g/mol. The highest BCUT2D eigenvalue weighted by atomic mass is 16.1. The quantitative estimate of drug-likeness (QED) is 0.265. The molecule has 17 heavy (non-hydrogen) atoms. The van der Waals surface area contributed by atoms with Crippen molar-refractivity contribution < 1.29 is 4.79 Å². The van der Waals surface area contributed by atoms with Gasteiger partial charge in [0.1, 0.15) is 0 Å². The van der Waals surface area contributed by atoms with Crippen LogP contribution < -0.4 is 22.3 Å². The van der Waals surface area contributed by atoms with Gasteiger partial charge in [0.15, 0.2) is 0 Å². The number of guanidine groups is 1. The van der Waals surface area contributed by atoms with Crippen LogP contribution in [0.25, 0.3) is 0 Å². The minimum absolute atomic E-state index is 0.110. The van der Waals surface area contributed by atoms with Gasteiger partial charge in [0.05, 0.1) is 6.04 Å². The molecule has 1 unspecified atom stereocenters. The SMILES string of the molecule is CC(=O)Nc1cccc(C(C)N=C(N)NN)c1. The van der Waals surface area contributed by atoms with Crippen LogP contribution in [0.3, 0.4) is 0 Å². The first-order chi connectivity index (χ1) is 8.02. The summed E-state index contributed by atoms with van der Waals surface area (Å²) < 4.78 is 0. The first kappa shape index (κ1) is 13.0. The van der Waals surface area contributed by atoms with Gasteiger partial charge in [-0.15, -0.1) is 0 Å². The lowest BCUT2D eigenvalue weighted by molar-refractivity contribution is -0.114. The van der Waals surface area contributed by atoms with Crippen LogP contribution >= 0.6 is 0 Å². The summed E-state index contributed by atoms with van der Waals surface area (Å²) >= 11 is 0. The summed E-state index contributed by atoms with van der Waals surface area (Å²) in [4.78, 5) is 15.1. The fraction of sp³-hybridized carbons (Fsp3) is 0.273. The Morgan fingerprint density at radius 1 is 1.47 bits per heavy atom. The molecular weight excluding hydrogens is 218 g/mol. The summed E-state index contributed by atoms with van der Waals surface area (Å²) in [5, 5.41) is 2.71. The van der Waals surface area contributed by atoms with Crippen LogP contribution in [-0.4, -0.2) is 11.9 Å². The van der Waals surface area contributed by atoms with Gasteiger partial charge in [0.2, 0.25) is 11.9 Å². The van der Waals surface area contributed by atoms with E-state index in [1.807, 2.05) is 31.2 Å². The Hall–Kier alpha value is -2.08. The van der Waals surface area contributed by atoms with E-state index in [1.54, 1.807) is 0 Å². The standard InChI is InChI=1S/C11H17N5O/c1-7(14-11(12)16-13)9-4-3-5-10(6-9)15-8(2)17/h3-7H,13H2,1-2H3,(H,15,17)(H3,12,14,16). The Labute approximate surface area is 100 Å². The number of anilines is 1. The van der Waals surface area contributed by atoms with Gasteiger partial charge in [-0.25, -0.2) is 10.8 Å². The Bertz CT molecular complexity index is 430. The minimum Gasteiger partial charge on any atom is -0.369 e. The maximum Gasteiger partial charge on any atom is 0.221 e. The van der Waals surface area contributed by atoms with Crippen LogP contribution in [-0.2, 0) is 4.79 Å². The van der Waals surface area contributed by atoms with Gasteiger partial charge in [-0.1, -0.05) is 12.1 Å². The predicted molar refractivity (Wildman–Crippen MR) is 68.1 cm³/mol. The molecule has 1 amide bonds. The molecule has 0 fully saturated rings. The minimum atomic E-state index is -0.139. The second-order valence-electron chi connectivity index (χ2n) is 3.64. The van der Waals surface area contributed by atoms with E-state index in [9.17, 15) is 4.79 Å². The molecule has 6 heteroatoms. The summed E-state index contributed by atoms with van der Waals surface area (Å²) in [5.74, 6) is 5.19. The third-order valence-electron chi connectivity index (χ3n) is 2.17. The summed E-state index contributed by atoms with van der Waals surface area (Å²) in [5.41, 5.74) is 9.42. The van der Waals surface area contributed by atoms with Crippen LogP contribution in [0.4, 0.5) is 5.69 Å². The van der Waals surface area contributed by atoms with Crippen molar-refractivity contribution in [2.24, 2.45) is 16.6 Å². The molecule has 0 radical (unpaired) electrons. The molecule has 6 N–H and O–H groups in total. The fourth-order valence-corrected chi connectivity index (χ4v) is 1.40. The van der Waals surface area contributed by atoms with Crippen LogP contribution in [0.5, 0.6) is 0 Å².